The molecule has 0 fully saturated rings. The first-order chi connectivity index (χ1) is 14.9. The second-order valence-corrected chi connectivity index (χ2v) is 7.75. The van der Waals surface area contributed by atoms with E-state index in [1.807, 2.05) is 23.0 Å². The van der Waals surface area contributed by atoms with Crippen molar-refractivity contribution in [2.24, 2.45) is 5.92 Å². The van der Waals surface area contributed by atoms with Crippen molar-refractivity contribution in [1.82, 2.24) is 25.1 Å². The van der Waals surface area contributed by atoms with E-state index in [-0.39, 0.29) is 11.5 Å². The van der Waals surface area contributed by atoms with Crippen LogP contribution >= 0.6 is 0 Å². The number of benzene rings is 1. The molecule has 8 heteroatoms. The Bertz CT molecular complexity index is 1290. The Hall–Kier alpha value is -3.94. The molecule has 0 saturated carbocycles. The molecule has 1 aromatic carbocycles. The lowest BCUT2D eigenvalue weighted by molar-refractivity contribution is 0.0963. The molecule has 0 aliphatic rings. The molecule has 1 amide bonds. The van der Waals surface area contributed by atoms with Crippen molar-refractivity contribution in [2.75, 3.05) is 12.4 Å². The number of amides is 1. The van der Waals surface area contributed by atoms with E-state index in [1.54, 1.807) is 43.7 Å². The van der Waals surface area contributed by atoms with Gasteiger partial charge in [0.05, 0.1) is 17.3 Å². The fourth-order valence-corrected chi connectivity index (χ4v) is 3.41. The van der Waals surface area contributed by atoms with Crippen molar-refractivity contribution < 1.29 is 4.79 Å². The minimum Gasteiger partial charge on any atom is -0.355 e. The summed E-state index contributed by atoms with van der Waals surface area (Å²) in [5.41, 5.74) is 2.64. The number of nitrogens with one attached hydrogen (secondary N) is 3. The Morgan fingerprint density at radius 2 is 1.97 bits per heavy atom. The third-order valence-corrected chi connectivity index (χ3v) is 4.87. The highest BCUT2D eigenvalue weighted by Gasteiger charge is 2.13. The van der Waals surface area contributed by atoms with Gasteiger partial charge in [0.25, 0.3) is 11.5 Å². The van der Waals surface area contributed by atoms with Gasteiger partial charge in [0.2, 0.25) is 0 Å². The number of aromatic nitrogens is 4. The van der Waals surface area contributed by atoms with Crippen LogP contribution in [0.5, 0.6) is 0 Å². The van der Waals surface area contributed by atoms with Crippen LogP contribution in [0.25, 0.3) is 22.0 Å². The van der Waals surface area contributed by atoms with Crippen molar-refractivity contribution >= 4 is 28.2 Å². The molecule has 0 unspecified atom stereocenters. The number of hydrogen-bond donors (Lipinski definition) is 3. The number of pyridine rings is 2. The Labute approximate surface area is 179 Å². The van der Waals surface area contributed by atoms with Crippen LogP contribution in [0, 0.1) is 5.92 Å². The van der Waals surface area contributed by atoms with Crippen molar-refractivity contribution in [3.8, 4) is 11.3 Å². The summed E-state index contributed by atoms with van der Waals surface area (Å²) < 4.78 is 1.90. The molecule has 3 N–H and O–H groups in total. The third-order valence-electron chi connectivity index (χ3n) is 4.87. The smallest absolute Gasteiger partial charge is 0.259 e. The normalized spacial score (nSPS) is 11.1. The number of nitrogens with zero attached hydrogens (tertiary/aromatic N) is 3. The molecule has 0 spiro atoms. The Balaban J connectivity index is 1.75. The zero-order chi connectivity index (χ0) is 22.0. The number of carbonyl (C=O) groups is 1. The molecular weight excluding hydrogens is 392 g/mol. The molecule has 3 aromatic heterocycles. The van der Waals surface area contributed by atoms with Crippen LogP contribution in [0.2, 0.25) is 0 Å². The second kappa shape index (κ2) is 8.43. The first-order valence-corrected chi connectivity index (χ1v) is 10.1. The molecule has 0 bridgehead atoms. The SMILES string of the molecule is CNC(=O)c1ccc(Nc2nc(-c3cnn(CC(C)C)c3)cc3cc[nH]c(=O)c23)cc1. The highest BCUT2D eigenvalue weighted by atomic mass is 16.1. The third kappa shape index (κ3) is 4.32. The summed E-state index contributed by atoms with van der Waals surface area (Å²) in [6.07, 6.45) is 5.37. The number of anilines is 2. The highest BCUT2D eigenvalue weighted by Crippen LogP contribution is 2.27. The largest absolute Gasteiger partial charge is 0.355 e. The van der Waals surface area contributed by atoms with Crippen LogP contribution in [-0.2, 0) is 6.54 Å². The summed E-state index contributed by atoms with van der Waals surface area (Å²) in [4.78, 5) is 31.8. The predicted molar refractivity (Wildman–Crippen MR) is 122 cm³/mol. The monoisotopic (exact) mass is 416 g/mol. The molecule has 31 heavy (non-hydrogen) atoms. The van der Waals surface area contributed by atoms with Gasteiger partial charge in [0.15, 0.2) is 0 Å². The van der Waals surface area contributed by atoms with Gasteiger partial charge < -0.3 is 15.6 Å². The lowest BCUT2D eigenvalue weighted by Crippen LogP contribution is -2.17. The Kier molecular flexibility index (Phi) is 5.53. The number of aromatic amines is 1. The van der Waals surface area contributed by atoms with Gasteiger partial charge in [-0.15, -0.1) is 0 Å². The molecule has 4 rings (SSSR count). The first-order valence-electron chi connectivity index (χ1n) is 10.1. The minimum atomic E-state index is -0.225. The average Bonchev–Trinajstić information content (AvgIpc) is 3.21. The second-order valence-electron chi connectivity index (χ2n) is 7.75. The summed E-state index contributed by atoms with van der Waals surface area (Å²) in [6, 6.07) is 10.7. The van der Waals surface area contributed by atoms with E-state index >= 15 is 0 Å². The van der Waals surface area contributed by atoms with Crippen LogP contribution in [0.15, 0.2) is 59.8 Å². The lowest BCUT2D eigenvalue weighted by atomic mass is 10.1. The van der Waals surface area contributed by atoms with Crippen LogP contribution in [-0.4, -0.2) is 32.7 Å². The van der Waals surface area contributed by atoms with Crippen LogP contribution in [0.1, 0.15) is 24.2 Å². The Morgan fingerprint density at radius 1 is 1.19 bits per heavy atom. The Morgan fingerprint density at radius 3 is 2.68 bits per heavy atom. The maximum Gasteiger partial charge on any atom is 0.259 e. The summed E-state index contributed by atoms with van der Waals surface area (Å²) in [6.45, 7) is 5.09. The standard InChI is InChI=1S/C23H24N6O2/c1-14(2)12-29-13-17(11-26-29)19-10-16-8-9-25-23(31)20(16)21(28-19)27-18-6-4-15(5-7-18)22(30)24-3/h4-11,13-14H,12H2,1-3H3,(H,24,30)(H,25,31)(H,27,28). The molecule has 0 radical (unpaired) electrons. The van der Waals surface area contributed by atoms with Gasteiger partial charge in [-0.05, 0) is 47.7 Å². The van der Waals surface area contributed by atoms with Gasteiger partial charge in [0.1, 0.15) is 5.82 Å². The number of carbonyl (C=O) groups excluding carboxylic acids is 1. The van der Waals surface area contributed by atoms with Crippen LogP contribution < -0.4 is 16.2 Å². The van der Waals surface area contributed by atoms with E-state index in [4.69, 9.17) is 4.98 Å². The number of fused-ring (bicyclic) bond motifs is 1. The number of rotatable bonds is 6. The maximum atomic E-state index is 12.5. The number of H-pyrrole nitrogens is 1. The van der Waals surface area contributed by atoms with E-state index in [0.29, 0.717) is 22.7 Å². The molecule has 8 nitrogen and oxygen atoms in total. The minimum absolute atomic E-state index is 0.160. The molecule has 0 aliphatic carbocycles. The van der Waals surface area contributed by atoms with Crippen molar-refractivity contribution in [2.45, 2.75) is 20.4 Å². The van der Waals surface area contributed by atoms with E-state index in [9.17, 15) is 9.59 Å². The molecule has 0 atom stereocenters. The van der Waals surface area contributed by atoms with E-state index in [2.05, 4.69) is 34.6 Å². The van der Waals surface area contributed by atoms with E-state index in [1.165, 1.54) is 0 Å². The molecular formula is C23H24N6O2. The summed E-state index contributed by atoms with van der Waals surface area (Å²) in [5, 5.41) is 11.5. The molecule has 0 saturated heterocycles. The van der Waals surface area contributed by atoms with Gasteiger partial charge in [-0.25, -0.2) is 4.98 Å². The van der Waals surface area contributed by atoms with Gasteiger partial charge in [-0.2, -0.15) is 5.10 Å². The average molecular weight is 416 g/mol. The van der Waals surface area contributed by atoms with E-state index < -0.39 is 0 Å². The summed E-state index contributed by atoms with van der Waals surface area (Å²) >= 11 is 0. The van der Waals surface area contributed by atoms with Gasteiger partial charge in [-0.3, -0.25) is 14.3 Å². The molecule has 4 aromatic rings. The lowest BCUT2D eigenvalue weighted by Gasteiger charge is -2.11. The highest BCUT2D eigenvalue weighted by molar-refractivity contribution is 5.96. The topological polar surface area (TPSA) is 105 Å². The fourth-order valence-electron chi connectivity index (χ4n) is 3.41. The summed E-state index contributed by atoms with van der Waals surface area (Å²) in [5.74, 6) is 0.761. The van der Waals surface area contributed by atoms with Gasteiger partial charge in [-0.1, -0.05) is 13.8 Å². The van der Waals surface area contributed by atoms with Crippen molar-refractivity contribution in [3.05, 3.63) is 70.9 Å². The zero-order valence-electron chi connectivity index (χ0n) is 17.6. The molecule has 3 heterocycles. The maximum absolute atomic E-state index is 12.5. The fraction of sp³-hybridized carbons (Fsp3) is 0.217. The molecule has 158 valence electrons. The van der Waals surface area contributed by atoms with Crippen LogP contribution in [0.4, 0.5) is 11.5 Å². The van der Waals surface area contributed by atoms with Gasteiger partial charge in [0, 0.05) is 42.8 Å². The van der Waals surface area contributed by atoms with Gasteiger partial charge >= 0.3 is 0 Å². The first kappa shape index (κ1) is 20.3. The van der Waals surface area contributed by atoms with Crippen LogP contribution in [0.3, 0.4) is 0 Å². The molecule has 0 aliphatic heterocycles. The van der Waals surface area contributed by atoms with E-state index in [0.717, 1.165) is 28.9 Å². The summed E-state index contributed by atoms with van der Waals surface area (Å²) in [7, 11) is 1.59. The predicted octanol–water partition coefficient (Wildman–Crippen LogP) is 3.55. The quantitative estimate of drug-likeness (QED) is 0.446. The van der Waals surface area contributed by atoms with Crippen molar-refractivity contribution in [3.63, 3.8) is 0 Å². The van der Waals surface area contributed by atoms with Crippen molar-refractivity contribution in [1.29, 1.82) is 0 Å². The number of hydrogen-bond acceptors (Lipinski definition) is 5. The zero-order valence-corrected chi connectivity index (χ0v) is 17.6.